The van der Waals surface area contributed by atoms with Crippen molar-refractivity contribution in [2.24, 2.45) is 5.92 Å². The minimum atomic E-state index is 0.772. The Balaban J connectivity index is 2.14. The van der Waals surface area contributed by atoms with E-state index in [1.807, 2.05) is 0 Å². The Hall–Kier alpha value is -1.76. The summed E-state index contributed by atoms with van der Waals surface area (Å²) in [5.41, 5.74) is 2.55. The molecule has 0 bridgehead atoms. The van der Waals surface area contributed by atoms with Gasteiger partial charge in [-0.05, 0) is 43.0 Å². The summed E-state index contributed by atoms with van der Waals surface area (Å²) in [4.78, 5) is 2.41. The summed E-state index contributed by atoms with van der Waals surface area (Å²) in [7, 11) is 0. The lowest BCUT2D eigenvalue weighted by Gasteiger charge is -2.25. The summed E-state index contributed by atoms with van der Waals surface area (Å²) in [5.74, 6) is 0.772. The molecule has 0 saturated heterocycles. The Labute approximate surface area is 116 Å². The Morgan fingerprint density at radius 3 is 1.68 bits per heavy atom. The highest BCUT2D eigenvalue weighted by Gasteiger charge is 2.08. The van der Waals surface area contributed by atoms with Gasteiger partial charge in [-0.1, -0.05) is 50.2 Å². The van der Waals surface area contributed by atoms with Gasteiger partial charge in [0.2, 0.25) is 0 Å². The molecule has 2 aromatic rings. The SMILES string of the molecule is CC(C)CCCN(c1ccccc1)c1ccccc1. The molecule has 0 heterocycles. The first-order chi connectivity index (χ1) is 9.27. The van der Waals surface area contributed by atoms with Gasteiger partial charge in [0, 0.05) is 17.9 Å². The summed E-state index contributed by atoms with van der Waals surface area (Å²) >= 11 is 0. The first-order valence-electron chi connectivity index (χ1n) is 7.15. The molecule has 2 rings (SSSR count). The maximum absolute atomic E-state index is 2.41. The average Bonchev–Trinajstić information content (AvgIpc) is 2.45. The van der Waals surface area contributed by atoms with Crippen molar-refractivity contribution in [2.45, 2.75) is 26.7 Å². The number of para-hydroxylation sites is 2. The number of benzene rings is 2. The lowest BCUT2D eigenvalue weighted by Crippen LogP contribution is -2.18. The van der Waals surface area contributed by atoms with Gasteiger partial charge < -0.3 is 4.90 Å². The van der Waals surface area contributed by atoms with Crippen molar-refractivity contribution >= 4 is 11.4 Å². The van der Waals surface area contributed by atoms with Gasteiger partial charge in [-0.15, -0.1) is 0 Å². The van der Waals surface area contributed by atoms with E-state index in [-0.39, 0.29) is 0 Å². The summed E-state index contributed by atoms with van der Waals surface area (Å²) < 4.78 is 0. The van der Waals surface area contributed by atoms with E-state index in [9.17, 15) is 0 Å². The van der Waals surface area contributed by atoms with Crippen LogP contribution in [0, 0.1) is 5.92 Å². The van der Waals surface area contributed by atoms with E-state index in [4.69, 9.17) is 0 Å². The van der Waals surface area contributed by atoms with E-state index in [1.54, 1.807) is 0 Å². The zero-order chi connectivity index (χ0) is 13.5. The van der Waals surface area contributed by atoms with Crippen LogP contribution in [0.25, 0.3) is 0 Å². The van der Waals surface area contributed by atoms with Crippen molar-refractivity contribution in [1.82, 2.24) is 0 Å². The van der Waals surface area contributed by atoms with E-state index in [2.05, 4.69) is 79.4 Å². The molecule has 1 nitrogen and oxygen atoms in total. The lowest BCUT2D eigenvalue weighted by molar-refractivity contribution is 0.559. The molecule has 0 atom stereocenters. The van der Waals surface area contributed by atoms with E-state index in [0.29, 0.717) is 0 Å². The second-order valence-electron chi connectivity index (χ2n) is 5.36. The fourth-order valence-electron chi connectivity index (χ4n) is 2.28. The number of rotatable bonds is 6. The summed E-state index contributed by atoms with van der Waals surface area (Å²) in [6, 6.07) is 21.3. The number of anilines is 2. The molecule has 100 valence electrons. The van der Waals surface area contributed by atoms with Crippen LogP contribution in [0.3, 0.4) is 0 Å². The lowest BCUT2D eigenvalue weighted by atomic mass is 10.1. The van der Waals surface area contributed by atoms with Gasteiger partial charge in [0.1, 0.15) is 0 Å². The van der Waals surface area contributed by atoms with Crippen LogP contribution in [0.5, 0.6) is 0 Å². The monoisotopic (exact) mass is 253 g/mol. The molecule has 0 N–H and O–H groups in total. The largest absolute Gasteiger partial charge is 0.341 e. The molecule has 0 aliphatic rings. The number of nitrogens with zero attached hydrogens (tertiary/aromatic N) is 1. The zero-order valence-corrected chi connectivity index (χ0v) is 11.9. The molecule has 0 spiro atoms. The Morgan fingerprint density at radius 2 is 1.26 bits per heavy atom. The van der Waals surface area contributed by atoms with Crippen molar-refractivity contribution in [3.05, 3.63) is 60.7 Å². The highest BCUT2D eigenvalue weighted by molar-refractivity contribution is 5.62. The van der Waals surface area contributed by atoms with Gasteiger partial charge in [-0.25, -0.2) is 0 Å². The molecule has 0 aromatic heterocycles. The van der Waals surface area contributed by atoms with E-state index in [1.165, 1.54) is 24.2 Å². The predicted molar refractivity (Wildman–Crippen MR) is 84.0 cm³/mol. The molecule has 19 heavy (non-hydrogen) atoms. The highest BCUT2D eigenvalue weighted by atomic mass is 15.1. The van der Waals surface area contributed by atoms with Gasteiger partial charge in [0.15, 0.2) is 0 Å². The van der Waals surface area contributed by atoms with Gasteiger partial charge in [-0.2, -0.15) is 0 Å². The fraction of sp³-hybridized carbons (Fsp3) is 0.333. The number of hydrogen-bond donors (Lipinski definition) is 0. The summed E-state index contributed by atoms with van der Waals surface area (Å²) in [6.45, 7) is 5.65. The van der Waals surface area contributed by atoms with Crippen LogP contribution >= 0.6 is 0 Å². The molecule has 0 radical (unpaired) electrons. The quantitative estimate of drug-likeness (QED) is 0.678. The van der Waals surface area contributed by atoms with Crippen LogP contribution < -0.4 is 4.90 Å². The molecule has 0 aliphatic heterocycles. The zero-order valence-electron chi connectivity index (χ0n) is 11.9. The molecule has 0 fully saturated rings. The minimum Gasteiger partial charge on any atom is -0.341 e. The molecule has 0 amide bonds. The average molecular weight is 253 g/mol. The maximum Gasteiger partial charge on any atom is 0.0410 e. The van der Waals surface area contributed by atoms with Crippen molar-refractivity contribution in [2.75, 3.05) is 11.4 Å². The maximum atomic E-state index is 2.41. The molecule has 1 heteroatoms. The third-order valence-electron chi connectivity index (χ3n) is 3.30. The molecular formula is C18H23N. The van der Waals surface area contributed by atoms with E-state index in [0.717, 1.165) is 12.5 Å². The van der Waals surface area contributed by atoms with Crippen LogP contribution in [0.1, 0.15) is 26.7 Å². The molecule has 2 aromatic carbocycles. The predicted octanol–water partition coefficient (Wildman–Crippen LogP) is 5.26. The van der Waals surface area contributed by atoms with Crippen molar-refractivity contribution in [3.63, 3.8) is 0 Å². The van der Waals surface area contributed by atoms with Crippen LogP contribution in [0.2, 0.25) is 0 Å². The van der Waals surface area contributed by atoms with Gasteiger partial charge >= 0.3 is 0 Å². The normalized spacial score (nSPS) is 10.7. The van der Waals surface area contributed by atoms with E-state index < -0.39 is 0 Å². The third kappa shape index (κ3) is 4.13. The summed E-state index contributed by atoms with van der Waals surface area (Å²) in [5, 5.41) is 0. The van der Waals surface area contributed by atoms with Crippen molar-refractivity contribution in [1.29, 1.82) is 0 Å². The minimum absolute atomic E-state index is 0.772. The van der Waals surface area contributed by atoms with Gasteiger partial charge in [0.05, 0.1) is 0 Å². The summed E-state index contributed by atoms with van der Waals surface area (Å²) in [6.07, 6.45) is 2.50. The molecular weight excluding hydrogens is 230 g/mol. The number of hydrogen-bond acceptors (Lipinski definition) is 1. The van der Waals surface area contributed by atoms with Crippen LogP contribution in [-0.2, 0) is 0 Å². The second-order valence-corrected chi connectivity index (χ2v) is 5.36. The molecule has 0 saturated carbocycles. The Kier molecular flexibility index (Phi) is 5.02. The first kappa shape index (κ1) is 13.7. The second kappa shape index (κ2) is 6.98. The fourth-order valence-corrected chi connectivity index (χ4v) is 2.28. The third-order valence-corrected chi connectivity index (χ3v) is 3.30. The smallest absolute Gasteiger partial charge is 0.0410 e. The van der Waals surface area contributed by atoms with Crippen LogP contribution in [0.4, 0.5) is 11.4 Å². The first-order valence-corrected chi connectivity index (χ1v) is 7.15. The highest BCUT2D eigenvalue weighted by Crippen LogP contribution is 2.25. The van der Waals surface area contributed by atoms with E-state index >= 15 is 0 Å². The van der Waals surface area contributed by atoms with Crippen molar-refractivity contribution in [3.8, 4) is 0 Å². The van der Waals surface area contributed by atoms with Crippen LogP contribution in [-0.4, -0.2) is 6.54 Å². The van der Waals surface area contributed by atoms with Gasteiger partial charge in [-0.3, -0.25) is 0 Å². The van der Waals surface area contributed by atoms with Gasteiger partial charge in [0.25, 0.3) is 0 Å². The molecule has 0 unspecified atom stereocenters. The topological polar surface area (TPSA) is 3.24 Å². The van der Waals surface area contributed by atoms with Crippen molar-refractivity contribution < 1.29 is 0 Å². The Morgan fingerprint density at radius 1 is 0.789 bits per heavy atom. The Bertz CT molecular complexity index is 422. The molecule has 0 aliphatic carbocycles. The van der Waals surface area contributed by atoms with Crippen LogP contribution in [0.15, 0.2) is 60.7 Å². The standard InChI is InChI=1S/C18H23N/c1-16(2)10-9-15-19(17-11-5-3-6-12-17)18-13-7-4-8-14-18/h3-8,11-14,16H,9-10,15H2,1-2H3.